The predicted molar refractivity (Wildman–Crippen MR) is 132 cm³/mol. The highest BCUT2D eigenvalue weighted by Crippen LogP contribution is 2.41. The smallest absolute Gasteiger partial charge is 0.134 e. The van der Waals surface area contributed by atoms with Crippen molar-refractivity contribution in [2.75, 3.05) is 4.90 Å². The lowest BCUT2D eigenvalue weighted by molar-refractivity contribution is 0.445. The Bertz CT molecular complexity index is 1260. The van der Waals surface area contributed by atoms with Gasteiger partial charge in [0.25, 0.3) is 0 Å². The molecule has 0 aliphatic heterocycles. The Morgan fingerprint density at radius 2 is 1.12 bits per heavy atom. The summed E-state index contributed by atoms with van der Waals surface area (Å²) in [6.07, 6.45) is 0. The number of phenols is 3. The Balaban J connectivity index is 1.76. The minimum absolute atomic E-state index is 0.160. The average Bonchev–Trinajstić information content (AvgIpc) is 2.80. The number of aryl methyl sites for hydroxylation is 3. The molecular formula is C28H27NO4. The number of ether oxygens (including phenoxy) is 1. The summed E-state index contributed by atoms with van der Waals surface area (Å²) in [7, 11) is 0. The fourth-order valence-corrected chi connectivity index (χ4v) is 3.80. The van der Waals surface area contributed by atoms with Crippen LogP contribution in [0.2, 0.25) is 0 Å². The maximum absolute atomic E-state index is 10.2. The van der Waals surface area contributed by atoms with Crippen molar-refractivity contribution < 1.29 is 20.1 Å². The second-order valence-corrected chi connectivity index (χ2v) is 8.23. The summed E-state index contributed by atoms with van der Waals surface area (Å²) in [5.74, 6) is 1.77. The minimum Gasteiger partial charge on any atom is -0.508 e. The molecule has 0 spiro atoms. The molecule has 0 aliphatic carbocycles. The molecule has 4 aromatic carbocycles. The summed E-state index contributed by atoms with van der Waals surface area (Å²) in [4.78, 5) is 2.00. The second-order valence-electron chi connectivity index (χ2n) is 8.23. The number of hydrogen-bond donors (Lipinski definition) is 3. The highest BCUT2D eigenvalue weighted by molar-refractivity contribution is 5.81. The van der Waals surface area contributed by atoms with Gasteiger partial charge < -0.3 is 25.0 Å². The van der Waals surface area contributed by atoms with Gasteiger partial charge in [-0.25, -0.2) is 0 Å². The zero-order chi connectivity index (χ0) is 23.7. The van der Waals surface area contributed by atoms with E-state index in [1.54, 1.807) is 24.3 Å². The van der Waals surface area contributed by atoms with E-state index >= 15 is 0 Å². The van der Waals surface area contributed by atoms with Gasteiger partial charge in [0.15, 0.2) is 0 Å². The van der Waals surface area contributed by atoms with Crippen LogP contribution in [0.3, 0.4) is 0 Å². The highest BCUT2D eigenvalue weighted by Gasteiger charge is 2.18. The lowest BCUT2D eigenvalue weighted by atomic mass is 10.1. The first-order valence-corrected chi connectivity index (χ1v) is 10.7. The maximum Gasteiger partial charge on any atom is 0.134 e. The van der Waals surface area contributed by atoms with E-state index in [1.807, 2.05) is 81.1 Å². The molecule has 0 bridgehead atoms. The third kappa shape index (κ3) is 4.44. The lowest BCUT2D eigenvalue weighted by Crippen LogP contribution is -2.12. The number of nitrogens with zero attached hydrogens (tertiary/aromatic N) is 1. The molecule has 4 rings (SSSR count). The van der Waals surface area contributed by atoms with Crippen LogP contribution in [0.25, 0.3) is 0 Å². The van der Waals surface area contributed by atoms with Gasteiger partial charge in [0.05, 0.1) is 11.4 Å². The van der Waals surface area contributed by atoms with E-state index in [1.165, 1.54) is 0 Å². The number of rotatable bonds is 5. The van der Waals surface area contributed by atoms with Crippen molar-refractivity contribution in [1.29, 1.82) is 0 Å². The summed E-state index contributed by atoms with van der Waals surface area (Å²) in [6.45, 7) is 7.62. The van der Waals surface area contributed by atoms with Crippen molar-refractivity contribution in [3.63, 3.8) is 0 Å². The molecule has 0 saturated heterocycles. The SMILES string of the molecule is Cc1ccc(O)cc1N(c1ccc(Oc2ccc(C)c(O)c2C)cc1)c1cc(O)ccc1C. The van der Waals surface area contributed by atoms with E-state index in [0.717, 1.165) is 33.8 Å². The van der Waals surface area contributed by atoms with Gasteiger partial charge in [0.1, 0.15) is 28.7 Å². The van der Waals surface area contributed by atoms with Crippen molar-refractivity contribution in [2.45, 2.75) is 27.7 Å². The molecule has 0 heterocycles. The summed E-state index contributed by atoms with van der Waals surface area (Å²) in [6, 6.07) is 21.7. The standard InChI is InChI=1S/C28H27NO4/c1-17-5-10-22(30)15-25(17)29(26-16-23(31)11-6-18(26)2)21-8-12-24(13-9-21)33-27-14-7-19(3)28(32)20(27)4/h5-16,30-32H,1-4H3. The van der Waals surface area contributed by atoms with Crippen molar-refractivity contribution in [3.8, 4) is 28.7 Å². The molecule has 0 unspecified atom stereocenters. The number of hydrogen-bond acceptors (Lipinski definition) is 5. The summed E-state index contributed by atoms with van der Waals surface area (Å²) in [5, 5.41) is 30.5. The molecule has 33 heavy (non-hydrogen) atoms. The highest BCUT2D eigenvalue weighted by atomic mass is 16.5. The third-order valence-corrected chi connectivity index (χ3v) is 5.77. The van der Waals surface area contributed by atoms with Gasteiger partial charge in [-0.1, -0.05) is 18.2 Å². The minimum atomic E-state index is 0.160. The zero-order valence-corrected chi connectivity index (χ0v) is 19.1. The van der Waals surface area contributed by atoms with Crippen LogP contribution in [0.1, 0.15) is 22.3 Å². The van der Waals surface area contributed by atoms with Crippen LogP contribution in [0, 0.1) is 27.7 Å². The van der Waals surface area contributed by atoms with Gasteiger partial charge in [-0.3, -0.25) is 0 Å². The molecule has 0 fully saturated rings. The Kier molecular flexibility index (Phi) is 5.88. The van der Waals surface area contributed by atoms with E-state index in [9.17, 15) is 15.3 Å². The molecule has 3 N–H and O–H groups in total. The molecule has 5 nitrogen and oxygen atoms in total. The summed E-state index contributed by atoms with van der Waals surface area (Å²) >= 11 is 0. The molecule has 0 saturated carbocycles. The normalized spacial score (nSPS) is 10.8. The van der Waals surface area contributed by atoms with Gasteiger partial charge in [-0.2, -0.15) is 0 Å². The molecule has 0 radical (unpaired) electrons. The van der Waals surface area contributed by atoms with Gasteiger partial charge in [-0.15, -0.1) is 0 Å². The van der Waals surface area contributed by atoms with Crippen molar-refractivity contribution >= 4 is 17.1 Å². The van der Waals surface area contributed by atoms with Gasteiger partial charge >= 0.3 is 0 Å². The molecule has 0 amide bonds. The largest absolute Gasteiger partial charge is 0.508 e. The van der Waals surface area contributed by atoms with Crippen LogP contribution in [0.4, 0.5) is 17.1 Å². The third-order valence-electron chi connectivity index (χ3n) is 5.77. The van der Waals surface area contributed by atoms with Crippen LogP contribution in [-0.4, -0.2) is 15.3 Å². The van der Waals surface area contributed by atoms with Crippen LogP contribution in [0.5, 0.6) is 28.7 Å². The van der Waals surface area contributed by atoms with Gasteiger partial charge in [-0.05, 0) is 86.8 Å². The first-order valence-electron chi connectivity index (χ1n) is 10.7. The molecule has 0 aromatic heterocycles. The number of phenolic OH excluding ortho intramolecular Hbond substituents is 3. The van der Waals surface area contributed by atoms with Crippen LogP contribution < -0.4 is 9.64 Å². The van der Waals surface area contributed by atoms with E-state index in [-0.39, 0.29) is 17.2 Å². The van der Waals surface area contributed by atoms with E-state index in [4.69, 9.17) is 4.74 Å². The van der Waals surface area contributed by atoms with Crippen molar-refractivity contribution in [2.24, 2.45) is 0 Å². The zero-order valence-electron chi connectivity index (χ0n) is 19.1. The summed E-state index contributed by atoms with van der Waals surface area (Å²) in [5.41, 5.74) is 5.88. The first-order chi connectivity index (χ1) is 15.7. The molecular weight excluding hydrogens is 414 g/mol. The van der Waals surface area contributed by atoms with Gasteiger partial charge in [0.2, 0.25) is 0 Å². The monoisotopic (exact) mass is 441 g/mol. The maximum atomic E-state index is 10.2. The van der Waals surface area contributed by atoms with E-state index in [0.29, 0.717) is 17.1 Å². The van der Waals surface area contributed by atoms with Crippen LogP contribution >= 0.6 is 0 Å². The Hall–Kier alpha value is -4.12. The van der Waals surface area contributed by atoms with E-state index in [2.05, 4.69) is 0 Å². The average molecular weight is 442 g/mol. The number of benzene rings is 4. The number of anilines is 3. The predicted octanol–water partition coefficient (Wildman–Crippen LogP) is 7.30. The lowest BCUT2D eigenvalue weighted by Gasteiger charge is -2.28. The quantitative estimate of drug-likeness (QED) is 0.303. The topological polar surface area (TPSA) is 73.2 Å². The second kappa shape index (κ2) is 8.79. The van der Waals surface area contributed by atoms with Crippen molar-refractivity contribution in [1.82, 2.24) is 0 Å². The van der Waals surface area contributed by atoms with Crippen LogP contribution in [0.15, 0.2) is 72.8 Å². The molecule has 0 atom stereocenters. The molecule has 5 heteroatoms. The Morgan fingerprint density at radius 1 is 0.606 bits per heavy atom. The molecule has 4 aromatic rings. The fourth-order valence-electron chi connectivity index (χ4n) is 3.80. The fraction of sp³-hybridized carbons (Fsp3) is 0.143. The molecule has 0 aliphatic rings. The van der Waals surface area contributed by atoms with Gasteiger partial charge in [0, 0.05) is 23.4 Å². The van der Waals surface area contributed by atoms with E-state index < -0.39 is 0 Å². The van der Waals surface area contributed by atoms with Crippen molar-refractivity contribution in [3.05, 3.63) is 95.1 Å². The first kappa shape index (κ1) is 22.1. The molecule has 168 valence electrons. The Labute approximate surface area is 193 Å². The Morgan fingerprint density at radius 3 is 1.67 bits per heavy atom. The number of aromatic hydroxyl groups is 3. The van der Waals surface area contributed by atoms with Crippen LogP contribution in [-0.2, 0) is 0 Å². The summed E-state index contributed by atoms with van der Waals surface area (Å²) < 4.78 is 6.02.